The highest BCUT2D eigenvalue weighted by Gasteiger charge is 2.16. The minimum atomic E-state index is -3.56. The Morgan fingerprint density at radius 1 is 1.17 bits per heavy atom. The van der Waals surface area contributed by atoms with Gasteiger partial charge in [0.05, 0.1) is 16.8 Å². The number of pyridine rings is 1. The van der Waals surface area contributed by atoms with Crippen molar-refractivity contribution in [2.45, 2.75) is 18.7 Å². The van der Waals surface area contributed by atoms with Crippen molar-refractivity contribution in [3.8, 4) is 0 Å². The van der Waals surface area contributed by atoms with E-state index in [2.05, 4.69) is 9.71 Å². The van der Waals surface area contributed by atoms with Gasteiger partial charge >= 0.3 is 0 Å². The lowest BCUT2D eigenvalue weighted by atomic mass is 10.2. The summed E-state index contributed by atoms with van der Waals surface area (Å²) in [5, 5.41) is 0. The maximum absolute atomic E-state index is 12.2. The molecular weight excluding hydrogens is 248 g/mol. The minimum Gasteiger partial charge on any atom is -0.278 e. The van der Waals surface area contributed by atoms with E-state index in [4.69, 9.17) is 0 Å². The number of sulfonamides is 1. The summed E-state index contributed by atoms with van der Waals surface area (Å²) in [5.74, 6) is 0. The molecule has 1 N–H and O–H groups in total. The van der Waals surface area contributed by atoms with Gasteiger partial charge in [-0.05, 0) is 43.2 Å². The zero-order valence-electron chi connectivity index (χ0n) is 10.2. The monoisotopic (exact) mass is 262 g/mol. The van der Waals surface area contributed by atoms with Crippen LogP contribution in [0, 0.1) is 13.8 Å². The Kier molecular flexibility index (Phi) is 3.34. The van der Waals surface area contributed by atoms with E-state index >= 15 is 0 Å². The second-order valence-electron chi connectivity index (χ2n) is 4.12. The minimum absolute atomic E-state index is 0.298. The molecule has 0 radical (unpaired) electrons. The first-order valence-corrected chi connectivity index (χ1v) is 6.97. The van der Waals surface area contributed by atoms with Crippen LogP contribution in [0.5, 0.6) is 0 Å². The van der Waals surface area contributed by atoms with E-state index in [1.54, 1.807) is 37.4 Å². The number of aryl methyl sites for hydroxylation is 2. The maximum atomic E-state index is 12.2. The lowest BCUT2D eigenvalue weighted by molar-refractivity contribution is 0.600. The topological polar surface area (TPSA) is 59.1 Å². The molecule has 2 rings (SSSR count). The fourth-order valence-electron chi connectivity index (χ4n) is 1.63. The highest BCUT2D eigenvalue weighted by atomic mass is 32.2. The van der Waals surface area contributed by atoms with Crippen molar-refractivity contribution < 1.29 is 8.42 Å². The van der Waals surface area contributed by atoms with Crippen LogP contribution in [-0.2, 0) is 10.0 Å². The summed E-state index contributed by atoms with van der Waals surface area (Å²) in [6, 6.07) is 8.69. The second kappa shape index (κ2) is 4.78. The van der Waals surface area contributed by atoms with E-state index in [1.165, 1.54) is 6.20 Å². The molecule has 0 unspecified atom stereocenters. The molecule has 0 saturated carbocycles. The molecule has 0 amide bonds. The van der Waals surface area contributed by atoms with E-state index in [9.17, 15) is 8.42 Å². The third-order valence-corrected chi connectivity index (χ3v) is 4.07. The van der Waals surface area contributed by atoms with Crippen molar-refractivity contribution in [3.05, 3.63) is 53.9 Å². The Morgan fingerprint density at radius 2 is 1.94 bits per heavy atom. The van der Waals surface area contributed by atoms with Crippen molar-refractivity contribution in [1.82, 2.24) is 4.98 Å². The predicted octanol–water partition coefficient (Wildman–Crippen LogP) is 2.50. The van der Waals surface area contributed by atoms with Crippen LogP contribution in [0.3, 0.4) is 0 Å². The summed E-state index contributed by atoms with van der Waals surface area (Å²) in [5.41, 5.74) is 2.09. The van der Waals surface area contributed by atoms with Gasteiger partial charge in [-0.25, -0.2) is 8.42 Å². The Labute approximate surface area is 107 Å². The number of aromatic nitrogens is 1. The molecule has 1 aromatic carbocycles. The number of rotatable bonds is 3. The largest absolute Gasteiger partial charge is 0.278 e. The molecule has 0 atom stereocenters. The Balaban J connectivity index is 2.40. The predicted molar refractivity (Wildman–Crippen MR) is 71.0 cm³/mol. The average molecular weight is 262 g/mol. The maximum Gasteiger partial charge on any atom is 0.262 e. The van der Waals surface area contributed by atoms with Crippen LogP contribution in [-0.4, -0.2) is 13.4 Å². The average Bonchev–Trinajstić information content (AvgIpc) is 2.33. The summed E-state index contributed by atoms with van der Waals surface area (Å²) < 4.78 is 27.0. The van der Waals surface area contributed by atoms with Gasteiger partial charge in [-0.3, -0.25) is 9.71 Å². The van der Waals surface area contributed by atoms with Crippen molar-refractivity contribution in [2.24, 2.45) is 0 Å². The SMILES string of the molecule is Cc1ccc(C)c(S(=O)(=O)Nc2cccnc2)c1. The van der Waals surface area contributed by atoms with E-state index in [0.29, 0.717) is 10.6 Å². The number of hydrogen-bond donors (Lipinski definition) is 1. The molecule has 0 bridgehead atoms. The molecule has 1 heterocycles. The van der Waals surface area contributed by atoms with Gasteiger partial charge in [-0.2, -0.15) is 0 Å². The van der Waals surface area contributed by atoms with E-state index in [0.717, 1.165) is 11.1 Å². The van der Waals surface area contributed by atoms with Crippen LogP contribution in [0.2, 0.25) is 0 Å². The second-order valence-corrected chi connectivity index (χ2v) is 5.77. The Bertz CT molecular complexity index is 652. The van der Waals surface area contributed by atoms with Crippen molar-refractivity contribution in [2.75, 3.05) is 4.72 Å². The standard InChI is InChI=1S/C13H14N2O2S/c1-10-5-6-11(2)13(8-10)18(16,17)15-12-4-3-7-14-9-12/h3-9,15H,1-2H3. The first kappa shape index (κ1) is 12.6. The van der Waals surface area contributed by atoms with Gasteiger partial charge in [-0.1, -0.05) is 12.1 Å². The van der Waals surface area contributed by atoms with Gasteiger partial charge in [0.1, 0.15) is 0 Å². The molecule has 0 aliphatic carbocycles. The van der Waals surface area contributed by atoms with Crippen molar-refractivity contribution in [1.29, 1.82) is 0 Å². The fourth-order valence-corrected chi connectivity index (χ4v) is 3.00. The third kappa shape index (κ3) is 2.68. The van der Waals surface area contributed by atoms with Crippen LogP contribution >= 0.6 is 0 Å². The first-order chi connectivity index (χ1) is 8.49. The number of benzene rings is 1. The molecule has 2 aromatic rings. The van der Waals surface area contributed by atoms with Gasteiger partial charge < -0.3 is 0 Å². The number of nitrogens with zero attached hydrogens (tertiary/aromatic N) is 1. The molecular formula is C13H14N2O2S. The highest BCUT2D eigenvalue weighted by molar-refractivity contribution is 7.92. The normalized spacial score (nSPS) is 11.2. The van der Waals surface area contributed by atoms with Crippen LogP contribution in [0.4, 0.5) is 5.69 Å². The Hall–Kier alpha value is -1.88. The van der Waals surface area contributed by atoms with E-state index in [1.807, 2.05) is 13.0 Å². The van der Waals surface area contributed by atoms with Gasteiger partial charge in [0.25, 0.3) is 10.0 Å². The van der Waals surface area contributed by atoms with Crippen LogP contribution in [0.15, 0.2) is 47.6 Å². The lowest BCUT2D eigenvalue weighted by Crippen LogP contribution is -2.14. The lowest BCUT2D eigenvalue weighted by Gasteiger charge is -2.10. The molecule has 1 aromatic heterocycles. The van der Waals surface area contributed by atoms with E-state index in [-0.39, 0.29) is 0 Å². The van der Waals surface area contributed by atoms with Gasteiger partial charge in [0.15, 0.2) is 0 Å². The molecule has 94 valence electrons. The molecule has 0 saturated heterocycles. The molecule has 0 spiro atoms. The smallest absolute Gasteiger partial charge is 0.262 e. The van der Waals surface area contributed by atoms with Crippen LogP contribution in [0.25, 0.3) is 0 Å². The fraction of sp³-hybridized carbons (Fsp3) is 0.154. The number of hydrogen-bond acceptors (Lipinski definition) is 3. The first-order valence-electron chi connectivity index (χ1n) is 5.49. The molecule has 0 aliphatic rings. The molecule has 18 heavy (non-hydrogen) atoms. The molecule has 5 heteroatoms. The molecule has 4 nitrogen and oxygen atoms in total. The van der Waals surface area contributed by atoms with Gasteiger partial charge in [0, 0.05) is 6.20 Å². The number of anilines is 1. The van der Waals surface area contributed by atoms with Crippen molar-refractivity contribution in [3.63, 3.8) is 0 Å². The van der Waals surface area contributed by atoms with Gasteiger partial charge in [-0.15, -0.1) is 0 Å². The summed E-state index contributed by atoms with van der Waals surface area (Å²) in [6.45, 7) is 3.64. The zero-order chi connectivity index (χ0) is 13.2. The van der Waals surface area contributed by atoms with Crippen molar-refractivity contribution >= 4 is 15.7 Å². The van der Waals surface area contributed by atoms with Crippen LogP contribution in [0.1, 0.15) is 11.1 Å². The highest BCUT2D eigenvalue weighted by Crippen LogP contribution is 2.19. The molecule has 0 aliphatic heterocycles. The van der Waals surface area contributed by atoms with Crippen LogP contribution < -0.4 is 4.72 Å². The van der Waals surface area contributed by atoms with E-state index < -0.39 is 10.0 Å². The Morgan fingerprint density at radius 3 is 2.61 bits per heavy atom. The number of nitrogens with one attached hydrogen (secondary N) is 1. The summed E-state index contributed by atoms with van der Waals surface area (Å²) in [7, 11) is -3.56. The third-order valence-electron chi connectivity index (χ3n) is 2.55. The zero-order valence-corrected chi connectivity index (χ0v) is 11.0. The summed E-state index contributed by atoms with van der Waals surface area (Å²) in [4.78, 5) is 4.17. The summed E-state index contributed by atoms with van der Waals surface area (Å²) >= 11 is 0. The van der Waals surface area contributed by atoms with Gasteiger partial charge in [0.2, 0.25) is 0 Å². The molecule has 0 fully saturated rings. The summed E-state index contributed by atoms with van der Waals surface area (Å²) in [6.07, 6.45) is 3.07. The quantitative estimate of drug-likeness (QED) is 0.924.